The van der Waals surface area contributed by atoms with Crippen LogP contribution in [0.1, 0.15) is 16.5 Å². The summed E-state index contributed by atoms with van der Waals surface area (Å²) in [6, 6.07) is 10.7. The number of thiophene rings is 1. The molecule has 1 unspecified atom stereocenters. The van der Waals surface area contributed by atoms with E-state index in [-0.39, 0.29) is 36.9 Å². The molecule has 2 aromatic rings. The van der Waals surface area contributed by atoms with E-state index in [0.29, 0.717) is 5.69 Å². The minimum atomic E-state index is -0.711. The second-order valence-corrected chi connectivity index (χ2v) is 6.94. The third kappa shape index (κ3) is 4.02. The molecule has 0 radical (unpaired) electrons. The van der Waals surface area contributed by atoms with Crippen molar-refractivity contribution < 1.29 is 24.5 Å². The van der Waals surface area contributed by atoms with E-state index in [0.717, 1.165) is 10.4 Å². The number of nitrogens with zero attached hydrogens (tertiary/aromatic N) is 1. The molecule has 0 bridgehead atoms. The molecule has 1 aromatic heterocycles. The zero-order valence-electron chi connectivity index (χ0n) is 14.7. The number of β-amino-alcohol motifs (C(OH)–C–C–N with tert-alkyl or cyclic N) is 1. The lowest BCUT2D eigenvalue weighted by Crippen LogP contribution is -2.31. The van der Waals surface area contributed by atoms with Gasteiger partial charge in [-0.2, -0.15) is 0 Å². The number of benzene rings is 1. The van der Waals surface area contributed by atoms with Crippen molar-refractivity contribution in [2.75, 3.05) is 32.1 Å². The van der Waals surface area contributed by atoms with Crippen molar-refractivity contribution in [3.63, 3.8) is 0 Å². The minimum absolute atomic E-state index is 0.0869. The Labute approximate surface area is 160 Å². The molecule has 0 aliphatic carbocycles. The van der Waals surface area contributed by atoms with Crippen LogP contribution in [0.15, 0.2) is 53.0 Å². The van der Waals surface area contributed by atoms with Gasteiger partial charge in [0.25, 0.3) is 5.91 Å². The molecule has 142 valence electrons. The van der Waals surface area contributed by atoms with Gasteiger partial charge in [0.2, 0.25) is 0 Å². The highest BCUT2D eigenvalue weighted by Gasteiger charge is 2.34. The van der Waals surface area contributed by atoms with Crippen molar-refractivity contribution in [2.45, 2.75) is 6.10 Å². The van der Waals surface area contributed by atoms with Crippen LogP contribution in [-0.2, 0) is 14.3 Å². The Morgan fingerprint density at radius 1 is 1.33 bits per heavy atom. The number of aliphatic hydroxyl groups is 2. The van der Waals surface area contributed by atoms with E-state index >= 15 is 0 Å². The van der Waals surface area contributed by atoms with Gasteiger partial charge in [-0.05, 0) is 29.1 Å². The topological polar surface area (TPSA) is 99.1 Å². The van der Waals surface area contributed by atoms with Crippen LogP contribution in [0, 0.1) is 0 Å². The quantitative estimate of drug-likeness (QED) is 0.622. The van der Waals surface area contributed by atoms with Crippen LogP contribution in [0.3, 0.4) is 0 Å². The molecule has 1 amide bonds. The van der Waals surface area contributed by atoms with Gasteiger partial charge in [0.05, 0.1) is 25.8 Å². The van der Waals surface area contributed by atoms with Crippen LogP contribution in [0.25, 0.3) is 0 Å². The van der Waals surface area contributed by atoms with Gasteiger partial charge in [-0.15, -0.1) is 11.3 Å². The van der Waals surface area contributed by atoms with Crippen LogP contribution in [0.4, 0.5) is 5.69 Å². The fourth-order valence-electron chi connectivity index (χ4n) is 2.85. The van der Waals surface area contributed by atoms with E-state index in [1.54, 1.807) is 24.3 Å². The first-order valence-corrected chi connectivity index (χ1v) is 9.23. The molecule has 1 aromatic carbocycles. The van der Waals surface area contributed by atoms with E-state index in [1.807, 2.05) is 17.5 Å². The number of aliphatic hydroxyl groups excluding tert-OH is 2. The predicted octanol–water partition coefficient (Wildman–Crippen LogP) is 1.50. The Morgan fingerprint density at radius 3 is 2.67 bits per heavy atom. The van der Waals surface area contributed by atoms with Crippen LogP contribution >= 0.6 is 11.3 Å². The summed E-state index contributed by atoms with van der Waals surface area (Å²) in [5.41, 5.74) is 1.69. The number of nitrogens with one attached hydrogen (secondary N) is 1. The Kier molecular flexibility index (Phi) is 5.90. The van der Waals surface area contributed by atoms with Gasteiger partial charge in [0.15, 0.2) is 0 Å². The van der Waals surface area contributed by atoms with Crippen molar-refractivity contribution in [3.05, 3.63) is 63.5 Å². The number of anilines is 1. The molecule has 0 spiro atoms. The number of hydrogen-bond acceptors (Lipinski definition) is 7. The first-order valence-electron chi connectivity index (χ1n) is 8.35. The molecule has 1 aliphatic heterocycles. The first-order chi connectivity index (χ1) is 13.0. The number of carbonyl (C=O) groups excluding carboxylic acids is 2. The van der Waals surface area contributed by atoms with Gasteiger partial charge in [-0.3, -0.25) is 4.79 Å². The van der Waals surface area contributed by atoms with Crippen molar-refractivity contribution in [1.29, 1.82) is 0 Å². The average molecular weight is 388 g/mol. The normalized spacial score (nSPS) is 15.2. The van der Waals surface area contributed by atoms with Gasteiger partial charge in [0, 0.05) is 17.1 Å². The summed E-state index contributed by atoms with van der Waals surface area (Å²) in [4.78, 5) is 26.7. The highest BCUT2D eigenvalue weighted by Crippen LogP contribution is 2.28. The second kappa shape index (κ2) is 8.34. The highest BCUT2D eigenvalue weighted by atomic mass is 32.1. The van der Waals surface area contributed by atoms with Gasteiger partial charge in [-0.25, -0.2) is 4.79 Å². The van der Waals surface area contributed by atoms with Crippen molar-refractivity contribution in [2.24, 2.45) is 0 Å². The summed E-state index contributed by atoms with van der Waals surface area (Å²) in [6.07, 6.45) is -0.711. The monoisotopic (exact) mass is 388 g/mol. The van der Waals surface area contributed by atoms with Crippen molar-refractivity contribution in [1.82, 2.24) is 4.90 Å². The summed E-state index contributed by atoms with van der Waals surface area (Å²) in [5.74, 6) is -0.955. The highest BCUT2D eigenvalue weighted by molar-refractivity contribution is 7.10. The summed E-state index contributed by atoms with van der Waals surface area (Å²) < 4.78 is 4.76. The molecule has 1 aliphatic rings. The molecule has 0 fully saturated rings. The van der Waals surface area contributed by atoms with Gasteiger partial charge in [-0.1, -0.05) is 18.2 Å². The van der Waals surface area contributed by atoms with Crippen molar-refractivity contribution >= 4 is 28.9 Å². The molecule has 0 saturated carbocycles. The van der Waals surface area contributed by atoms with E-state index in [4.69, 9.17) is 9.84 Å². The molecule has 3 rings (SSSR count). The molecule has 27 heavy (non-hydrogen) atoms. The average Bonchev–Trinajstić information content (AvgIpc) is 3.32. The lowest BCUT2D eigenvalue weighted by Gasteiger charge is -2.15. The lowest BCUT2D eigenvalue weighted by molar-refractivity contribution is -0.136. The number of carbonyl (C=O) groups is 2. The maximum absolute atomic E-state index is 12.5. The Balaban J connectivity index is 1.80. The van der Waals surface area contributed by atoms with Crippen LogP contribution in [-0.4, -0.2) is 53.8 Å². The van der Waals surface area contributed by atoms with Gasteiger partial charge >= 0.3 is 5.97 Å². The molecule has 1 atom stereocenters. The van der Waals surface area contributed by atoms with Gasteiger partial charge in [0.1, 0.15) is 11.8 Å². The fraction of sp³-hybridized carbons (Fsp3) is 0.263. The molecule has 8 heteroatoms. The molecular formula is C19H20N2O5S. The van der Waals surface area contributed by atoms with E-state index in [1.165, 1.54) is 23.3 Å². The Hall–Kier alpha value is -2.68. The second-order valence-electron chi connectivity index (χ2n) is 5.96. The number of esters is 1. The molecule has 3 N–H and O–H groups in total. The van der Waals surface area contributed by atoms with E-state index < -0.39 is 12.1 Å². The number of methoxy groups -OCH3 is 1. The minimum Gasteiger partial charge on any atom is -0.466 e. The zero-order chi connectivity index (χ0) is 19.4. The van der Waals surface area contributed by atoms with Crippen LogP contribution < -0.4 is 5.32 Å². The molecule has 0 saturated heterocycles. The van der Waals surface area contributed by atoms with E-state index in [9.17, 15) is 14.7 Å². The molecule has 2 heterocycles. The molecule has 7 nitrogen and oxygen atoms in total. The predicted molar refractivity (Wildman–Crippen MR) is 101 cm³/mol. The first kappa shape index (κ1) is 19.1. The summed E-state index contributed by atoms with van der Waals surface area (Å²) in [6.45, 7) is 0.0306. The SMILES string of the molecule is COC(=O)C1=C(Nc2ccc(C(O)c3cccs3)cc2)C(=O)N(CCO)C1. The lowest BCUT2D eigenvalue weighted by atomic mass is 10.1. The largest absolute Gasteiger partial charge is 0.466 e. The smallest absolute Gasteiger partial charge is 0.337 e. The fourth-order valence-corrected chi connectivity index (χ4v) is 3.59. The zero-order valence-corrected chi connectivity index (χ0v) is 15.5. The Bertz CT molecular complexity index is 845. The third-order valence-electron chi connectivity index (χ3n) is 4.26. The summed E-state index contributed by atoms with van der Waals surface area (Å²) in [7, 11) is 1.26. The maximum atomic E-state index is 12.5. The Morgan fingerprint density at radius 2 is 2.07 bits per heavy atom. The molecular weight excluding hydrogens is 368 g/mol. The van der Waals surface area contributed by atoms with Crippen LogP contribution in [0.2, 0.25) is 0 Å². The summed E-state index contributed by atoms with van der Waals surface area (Å²) >= 11 is 1.47. The third-order valence-corrected chi connectivity index (χ3v) is 5.19. The van der Waals surface area contributed by atoms with Crippen molar-refractivity contribution in [3.8, 4) is 0 Å². The number of rotatable bonds is 7. The van der Waals surface area contributed by atoms with Crippen LogP contribution in [0.5, 0.6) is 0 Å². The van der Waals surface area contributed by atoms with Gasteiger partial charge < -0.3 is 25.2 Å². The number of hydrogen-bond donors (Lipinski definition) is 3. The number of ether oxygens (including phenoxy) is 1. The van der Waals surface area contributed by atoms with E-state index in [2.05, 4.69) is 5.32 Å². The number of amides is 1. The maximum Gasteiger partial charge on any atom is 0.337 e. The summed E-state index contributed by atoms with van der Waals surface area (Å²) in [5, 5.41) is 24.3. The standard InChI is InChI=1S/C19H20N2O5S/c1-26-19(25)14-11-21(8-9-22)18(24)16(14)20-13-6-4-12(5-7-13)17(23)15-3-2-10-27-15/h2-7,10,17,20,22-23H,8-9,11H2,1H3.